The second-order valence-corrected chi connectivity index (χ2v) is 7.07. The molecule has 23 heavy (non-hydrogen) atoms. The molecule has 0 N–H and O–H groups in total. The number of benzene rings is 1. The van der Waals surface area contributed by atoms with Crippen LogP contribution in [0, 0.1) is 0 Å². The largest absolute Gasteiger partial charge is 0.339 e. The van der Waals surface area contributed by atoms with Gasteiger partial charge in [-0.25, -0.2) is 0 Å². The Morgan fingerprint density at radius 1 is 1.43 bits per heavy atom. The Balaban J connectivity index is 1.88. The van der Waals surface area contributed by atoms with Gasteiger partial charge in [0.25, 0.3) is 0 Å². The average molecular weight is 395 g/mol. The van der Waals surface area contributed by atoms with E-state index in [0.717, 1.165) is 28.2 Å². The van der Waals surface area contributed by atoms with Gasteiger partial charge < -0.3 is 9.42 Å². The van der Waals surface area contributed by atoms with E-state index in [-0.39, 0.29) is 6.04 Å². The van der Waals surface area contributed by atoms with Gasteiger partial charge in [-0.2, -0.15) is 4.98 Å². The molecule has 1 aromatic carbocycles. The molecule has 2 heterocycles. The third-order valence-corrected chi connectivity index (χ3v) is 5.21. The number of halogens is 1. The minimum atomic E-state index is 0.114. The van der Waals surface area contributed by atoms with Gasteiger partial charge in [0.1, 0.15) is 6.04 Å². The summed E-state index contributed by atoms with van der Waals surface area (Å²) in [6.45, 7) is 0.979. The zero-order valence-corrected chi connectivity index (χ0v) is 15.6. The minimum absolute atomic E-state index is 0.114. The maximum Gasteiger partial charge on any atom is 0.249 e. The zero-order chi connectivity index (χ0) is 16.2. The van der Waals surface area contributed by atoms with Gasteiger partial charge in [-0.15, -0.1) is 0 Å². The molecule has 122 valence electrons. The molecule has 1 saturated heterocycles. The molecule has 0 aliphatic carbocycles. The number of amidine groups is 1. The van der Waals surface area contributed by atoms with Crippen LogP contribution >= 0.6 is 27.7 Å². The van der Waals surface area contributed by atoms with E-state index in [4.69, 9.17) is 4.52 Å². The van der Waals surface area contributed by atoms with Crippen molar-refractivity contribution in [2.24, 2.45) is 4.99 Å². The van der Waals surface area contributed by atoms with Crippen LogP contribution in [-0.4, -0.2) is 40.1 Å². The monoisotopic (exact) mass is 394 g/mol. The standard InChI is InChI=1S/C16H19BrN4OS/c1-18-16(23-2)21-9-4-3-8-13(21)15-19-14(20-22-15)11-6-5-7-12(17)10-11/h5-7,10,13H,3-4,8-9H2,1-2H3. The van der Waals surface area contributed by atoms with E-state index in [1.54, 1.807) is 11.8 Å². The Morgan fingerprint density at radius 2 is 2.30 bits per heavy atom. The van der Waals surface area contributed by atoms with Crippen molar-refractivity contribution in [3.8, 4) is 11.4 Å². The Labute approximate surface area is 148 Å². The quantitative estimate of drug-likeness (QED) is 0.558. The van der Waals surface area contributed by atoms with Gasteiger partial charge in [0.2, 0.25) is 11.7 Å². The summed E-state index contributed by atoms with van der Waals surface area (Å²) in [5.74, 6) is 1.31. The van der Waals surface area contributed by atoms with Crippen LogP contribution in [0.2, 0.25) is 0 Å². The highest BCUT2D eigenvalue weighted by atomic mass is 79.9. The predicted molar refractivity (Wildman–Crippen MR) is 97.6 cm³/mol. The highest BCUT2D eigenvalue weighted by Crippen LogP contribution is 2.33. The number of aromatic nitrogens is 2. The van der Waals surface area contributed by atoms with Crippen molar-refractivity contribution in [2.45, 2.75) is 25.3 Å². The Kier molecular flexibility index (Phi) is 5.38. The molecule has 0 saturated carbocycles. The van der Waals surface area contributed by atoms with Crippen LogP contribution in [-0.2, 0) is 0 Å². The Morgan fingerprint density at radius 3 is 3.04 bits per heavy atom. The highest BCUT2D eigenvalue weighted by Gasteiger charge is 2.30. The lowest BCUT2D eigenvalue weighted by molar-refractivity contribution is 0.198. The second kappa shape index (κ2) is 7.49. The molecular formula is C16H19BrN4OS. The molecule has 1 aromatic heterocycles. The first-order valence-corrected chi connectivity index (χ1v) is 9.61. The number of nitrogens with zero attached hydrogens (tertiary/aromatic N) is 4. The van der Waals surface area contributed by atoms with Crippen LogP contribution in [0.1, 0.15) is 31.2 Å². The maximum absolute atomic E-state index is 5.59. The Hall–Kier alpha value is -1.34. The van der Waals surface area contributed by atoms with Crippen LogP contribution in [0.3, 0.4) is 0 Å². The number of hydrogen-bond donors (Lipinski definition) is 0. The minimum Gasteiger partial charge on any atom is -0.339 e. The SMILES string of the molecule is CN=C(SC)N1CCCCC1c1nc(-c2cccc(Br)c2)no1. The number of thioether (sulfide) groups is 1. The molecule has 0 bridgehead atoms. The summed E-state index contributed by atoms with van der Waals surface area (Å²) in [6, 6.07) is 8.05. The molecule has 1 aliphatic heterocycles. The van der Waals surface area contributed by atoms with Crippen molar-refractivity contribution < 1.29 is 4.52 Å². The van der Waals surface area contributed by atoms with Crippen LogP contribution in [0.5, 0.6) is 0 Å². The van der Waals surface area contributed by atoms with Crippen molar-refractivity contribution in [1.82, 2.24) is 15.0 Å². The van der Waals surface area contributed by atoms with Crippen molar-refractivity contribution in [3.05, 3.63) is 34.6 Å². The number of likely N-dealkylation sites (tertiary alicyclic amines) is 1. The normalized spacial score (nSPS) is 19.2. The van der Waals surface area contributed by atoms with Crippen LogP contribution in [0.25, 0.3) is 11.4 Å². The fourth-order valence-corrected chi connectivity index (χ4v) is 3.90. The highest BCUT2D eigenvalue weighted by molar-refractivity contribution is 9.10. The molecule has 3 rings (SSSR count). The van der Waals surface area contributed by atoms with Crippen molar-refractivity contribution in [1.29, 1.82) is 0 Å². The summed E-state index contributed by atoms with van der Waals surface area (Å²) in [5, 5.41) is 5.19. The molecular weight excluding hydrogens is 376 g/mol. The van der Waals surface area contributed by atoms with Gasteiger partial charge in [0.05, 0.1) is 0 Å². The van der Waals surface area contributed by atoms with Crippen LogP contribution in [0.4, 0.5) is 0 Å². The van der Waals surface area contributed by atoms with Gasteiger partial charge in [-0.1, -0.05) is 45.0 Å². The molecule has 1 unspecified atom stereocenters. The molecule has 0 radical (unpaired) electrons. The molecule has 7 heteroatoms. The number of hydrogen-bond acceptors (Lipinski definition) is 5. The van der Waals surface area contributed by atoms with Gasteiger partial charge in [0, 0.05) is 23.6 Å². The summed E-state index contributed by atoms with van der Waals surface area (Å²) in [6.07, 6.45) is 5.40. The predicted octanol–water partition coefficient (Wildman–Crippen LogP) is 4.37. The van der Waals surface area contributed by atoms with Crippen molar-refractivity contribution >= 4 is 32.9 Å². The van der Waals surface area contributed by atoms with Crippen LogP contribution in [0.15, 0.2) is 38.3 Å². The smallest absolute Gasteiger partial charge is 0.249 e. The van der Waals surface area contributed by atoms with E-state index < -0.39 is 0 Å². The zero-order valence-electron chi connectivity index (χ0n) is 13.2. The number of piperidine rings is 1. The first kappa shape index (κ1) is 16.5. The maximum atomic E-state index is 5.59. The van der Waals surface area contributed by atoms with Gasteiger partial charge >= 0.3 is 0 Å². The Bertz CT molecular complexity index is 703. The number of rotatable bonds is 2. The van der Waals surface area contributed by atoms with Crippen molar-refractivity contribution in [3.63, 3.8) is 0 Å². The lowest BCUT2D eigenvalue weighted by Gasteiger charge is -2.34. The summed E-state index contributed by atoms with van der Waals surface area (Å²) >= 11 is 5.14. The van der Waals surface area contributed by atoms with Gasteiger partial charge in [-0.3, -0.25) is 4.99 Å². The lowest BCUT2D eigenvalue weighted by atomic mass is 10.0. The summed E-state index contributed by atoms with van der Waals surface area (Å²) < 4.78 is 6.59. The fraction of sp³-hybridized carbons (Fsp3) is 0.438. The van der Waals surface area contributed by atoms with Crippen molar-refractivity contribution in [2.75, 3.05) is 19.8 Å². The topological polar surface area (TPSA) is 54.5 Å². The third kappa shape index (κ3) is 3.61. The van der Waals surface area contributed by atoms with E-state index in [0.29, 0.717) is 11.7 Å². The van der Waals surface area contributed by atoms with E-state index >= 15 is 0 Å². The molecule has 2 aromatic rings. The summed E-state index contributed by atoms with van der Waals surface area (Å²) in [5.41, 5.74) is 0.950. The molecule has 1 atom stereocenters. The van der Waals surface area contributed by atoms with E-state index in [1.807, 2.05) is 31.3 Å². The van der Waals surface area contributed by atoms with E-state index in [1.165, 1.54) is 12.8 Å². The summed E-state index contributed by atoms with van der Waals surface area (Å²) in [7, 11) is 1.83. The van der Waals surface area contributed by atoms with Crippen LogP contribution < -0.4 is 0 Å². The first-order valence-electron chi connectivity index (χ1n) is 7.60. The van der Waals surface area contributed by atoms with Gasteiger partial charge in [-0.05, 0) is 37.7 Å². The second-order valence-electron chi connectivity index (χ2n) is 5.38. The fourth-order valence-electron chi connectivity index (χ4n) is 2.87. The number of aliphatic imine (C=N–C) groups is 1. The van der Waals surface area contributed by atoms with Gasteiger partial charge in [0.15, 0.2) is 5.17 Å². The molecule has 5 nitrogen and oxygen atoms in total. The summed E-state index contributed by atoms with van der Waals surface area (Å²) in [4.78, 5) is 11.3. The molecule has 1 fully saturated rings. The molecule has 1 aliphatic rings. The lowest BCUT2D eigenvalue weighted by Crippen LogP contribution is -2.37. The first-order chi connectivity index (χ1) is 11.2. The van der Waals surface area contributed by atoms with E-state index in [2.05, 4.69) is 42.2 Å². The third-order valence-electron chi connectivity index (χ3n) is 3.93. The molecule has 0 spiro atoms. The van der Waals surface area contributed by atoms with E-state index in [9.17, 15) is 0 Å². The molecule has 0 amide bonds. The average Bonchev–Trinajstić information content (AvgIpc) is 3.06.